The molecule has 1 aliphatic rings. The van der Waals surface area contributed by atoms with Gasteiger partial charge in [0.1, 0.15) is 0 Å². The van der Waals surface area contributed by atoms with Gasteiger partial charge in [0.2, 0.25) is 0 Å². The average Bonchev–Trinajstić information content (AvgIpc) is 2.72. The fourth-order valence-electron chi connectivity index (χ4n) is 4.17. The molecule has 0 unspecified atom stereocenters. The molecule has 3 aromatic rings. The van der Waals surface area contributed by atoms with Crippen molar-refractivity contribution in [1.29, 1.82) is 0 Å². The Morgan fingerprint density at radius 3 is 1.24 bits per heavy atom. The van der Waals surface area contributed by atoms with E-state index in [0.29, 0.717) is 0 Å². The van der Waals surface area contributed by atoms with Gasteiger partial charge in [-0.3, -0.25) is 4.90 Å². The number of hydrogen-bond donors (Lipinski definition) is 0. The molecule has 1 radical (unpaired) electrons. The second-order valence-corrected chi connectivity index (χ2v) is 6.66. The summed E-state index contributed by atoms with van der Waals surface area (Å²) in [6.07, 6.45) is 4.71. The van der Waals surface area contributed by atoms with Gasteiger partial charge in [-0.15, -0.1) is 0 Å². The van der Waals surface area contributed by atoms with Crippen molar-refractivity contribution in [2.75, 3.05) is 13.1 Å². The zero-order valence-electron chi connectivity index (χ0n) is 14.5. The summed E-state index contributed by atoms with van der Waals surface area (Å²) < 4.78 is 0. The summed E-state index contributed by atoms with van der Waals surface area (Å²) in [5.41, 5.74) is 3.79. The molecule has 125 valence electrons. The molecule has 0 N–H and O–H groups in total. The Hall–Kier alpha value is -2.38. The summed E-state index contributed by atoms with van der Waals surface area (Å²) in [6, 6.07) is 32.9. The zero-order valence-corrected chi connectivity index (χ0v) is 14.5. The molecule has 3 aromatic carbocycles. The second kappa shape index (κ2) is 7.25. The molecule has 1 heterocycles. The van der Waals surface area contributed by atoms with Crippen LogP contribution >= 0.6 is 0 Å². The fraction of sp³-hybridized carbons (Fsp3) is 0.208. The maximum Gasteiger partial charge on any atom is 0.0972 e. The topological polar surface area (TPSA) is 3.24 Å². The van der Waals surface area contributed by atoms with Crippen LogP contribution in [0, 0.1) is 6.42 Å². The van der Waals surface area contributed by atoms with Crippen LogP contribution in [0.25, 0.3) is 0 Å². The van der Waals surface area contributed by atoms with Crippen molar-refractivity contribution in [2.24, 2.45) is 0 Å². The van der Waals surface area contributed by atoms with Gasteiger partial charge in [-0.2, -0.15) is 0 Å². The summed E-state index contributed by atoms with van der Waals surface area (Å²) >= 11 is 0. The van der Waals surface area contributed by atoms with Gasteiger partial charge in [0.05, 0.1) is 5.54 Å². The lowest BCUT2D eigenvalue weighted by Crippen LogP contribution is -2.50. The molecule has 1 nitrogen and oxygen atoms in total. The van der Waals surface area contributed by atoms with Crippen LogP contribution in [0.3, 0.4) is 0 Å². The lowest BCUT2D eigenvalue weighted by atomic mass is 9.75. The van der Waals surface area contributed by atoms with Gasteiger partial charge in [-0.25, -0.2) is 0 Å². The number of benzene rings is 3. The number of likely N-dealkylation sites (tertiary alicyclic amines) is 1. The fourth-order valence-corrected chi connectivity index (χ4v) is 4.17. The SMILES string of the molecule is [CH]1CCN(C(c2ccccc2)(c2ccccc2)c2ccccc2)CC1. The number of piperidine rings is 1. The molecule has 0 saturated carbocycles. The number of hydrogen-bond acceptors (Lipinski definition) is 1. The highest BCUT2D eigenvalue weighted by Gasteiger charge is 2.42. The molecule has 0 bridgehead atoms. The Morgan fingerprint density at radius 1 is 0.520 bits per heavy atom. The molecular weight excluding hydrogens is 302 g/mol. The van der Waals surface area contributed by atoms with Crippen LogP contribution in [-0.2, 0) is 5.54 Å². The van der Waals surface area contributed by atoms with E-state index in [9.17, 15) is 0 Å². The van der Waals surface area contributed by atoms with Crippen molar-refractivity contribution in [1.82, 2.24) is 4.90 Å². The first kappa shape index (κ1) is 16.1. The Morgan fingerprint density at radius 2 is 0.880 bits per heavy atom. The van der Waals surface area contributed by atoms with Crippen LogP contribution in [0.1, 0.15) is 29.5 Å². The molecule has 1 fully saturated rings. The highest BCUT2D eigenvalue weighted by Crippen LogP contribution is 2.43. The van der Waals surface area contributed by atoms with Gasteiger partial charge in [0.15, 0.2) is 0 Å². The maximum atomic E-state index is 2.66. The van der Waals surface area contributed by atoms with Crippen molar-refractivity contribution in [3.05, 3.63) is 114 Å². The number of nitrogens with zero attached hydrogens (tertiary/aromatic N) is 1. The van der Waals surface area contributed by atoms with Crippen molar-refractivity contribution in [3.63, 3.8) is 0 Å². The third-order valence-electron chi connectivity index (χ3n) is 5.26. The number of rotatable bonds is 4. The van der Waals surface area contributed by atoms with Gasteiger partial charge in [-0.1, -0.05) is 91.0 Å². The van der Waals surface area contributed by atoms with E-state index in [1.807, 2.05) is 0 Å². The summed E-state index contributed by atoms with van der Waals surface area (Å²) in [7, 11) is 0. The highest BCUT2D eigenvalue weighted by molar-refractivity contribution is 5.49. The third kappa shape index (κ3) is 2.89. The average molecular weight is 326 g/mol. The van der Waals surface area contributed by atoms with Crippen molar-refractivity contribution in [3.8, 4) is 0 Å². The van der Waals surface area contributed by atoms with E-state index in [4.69, 9.17) is 0 Å². The van der Waals surface area contributed by atoms with E-state index in [2.05, 4.69) is 102 Å². The summed E-state index contributed by atoms with van der Waals surface area (Å²) in [5, 5.41) is 0. The zero-order chi connectivity index (χ0) is 17.0. The Bertz CT molecular complexity index is 677. The van der Waals surface area contributed by atoms with Crippen LogP contribution in [0.2, 0.25) is 0 Å². The van der Waals surface area contributed by atoms with Crippen LogP contribution in [0.4, 0.5) is 0 Å². The summed E-state index contributed by atoms with van der Waals surface area (Å²) in [4.78, 5) is 2.66. The van der Waals surface area contributed by atoms with Crippen LogP contribution in [-0.4, -0.2) is 18.0 Å². The van der Waals surface area contributed by atoms with Crippen LogP contribution in [0.15, 0.2) is 91.0 Å². The molecule has 1 heteroatoms. The maximum absolute atomic E-state index is 2.66. The van der Waals surface area contributed by atoms with E-state index >= 15 is 0 Å². The van der Waals surface area contributed by atoms with Gasteiger partial charge in [0, 0.05) is 0 Å². The standard InChI is InChI=1S/C24H24N/c1-5-13-21(14-6-1)24(22-15-7-2-8-16-22,23-17-9-3-10-18-23)25-19-11-4-12-20-25/h1-10,13-18H,11-12,19-20H2. The predicted octanol–water partition coefficient (Wildman–Crippen LogP) is 5.28. The van der Waals surface area contributed by atoms with Crippen LogP contribution < -0.4 is 0 Å². The van der Waals surface area contributed by atoms with E-state index in [0.717, 1.165) is 25.9 Å². The summed E-state index contributed by atoms with van der Waals surface area (Å²) in [5.74, 6) is 0. The first-order chi connectivity index (χ1) is 12.4. The molecule has 0 spiro atoms. The molecule has 25 heavy (non-hydrogen) atoms. The summed E-state index contributed by atoms with van der Waals surface area (Å²) in [6.45, 7) is 2.16. The largest absolute Gasteiger partial charge is 0.286 e. The molecular formula is C24H24N. The first-order valence-electron chi connectivity index (χ1n) is 9.15. The van der Waals surface area contributed by atoms with Crippen molar-refractivity contribution >= 4 is 0 Å². The molecule has 1 aliphatic heterocycles. The predicted molar refractivity (Wildman–Crippen MR) is 104 cm³/mol. The minimum Gasteiger partial charge on any atom is -0.286 e. The molecule has 0 aliphatic carbocycles. The van der Waals surface area contributed by atoms with E-state index < -0.39 is 0 Å². The van der Waals surface area contributed by atoms with Crippen molar-refractivity contribution < 1.29 is 0 Å². The molecule has 0 atom stereocenters. The Labute approximate surface area is 150 Å². The minimum atomic E-state index is -0.238. The second-order valence-electron chi connectivity index (χ2n) is 6.66. The van der Waals surface area contributed by atoms with Gasteiger partial charge in [0.25, 0.3) is 0 Å². The van der Waals surface area contributed by atoms with Gasteiger partial charge < -0.3 is 0 Å². The molecule has 0 aromatic heterocycles. The highest BCUT2D eigenvalue weighted by atomic mass is 15.2. The van der Waals surface area contributed by atoms with Crippen molar-refractivity contribution in [2.45, 2.75) is 18.4 Å². The normalized spacial score (nSPS) is 15.8. The smallest absolute Gasteiger partial charge is 0.0972 e. The Kier molecular flexibility index (Phi) is 4.67. The molecule has 4 rings (SSSR count). The van der Waals surface area contributed by atoms with Gasteiger partial charge in [-0.05, 0) is 49.0 Å². The van der Waals surface area contributed by atoms with Gasteiger partial charge >= 0.3 is 0 Å². The lowest BCUT2D eigenvalue weighted by Gasteiger charge is -2.47. The third-order valence-corrected chi connectivity index (χ3v) is 5.26. The molecule has 0 amide bonds. The van der Waals surface area contributed by atoms with E-state index in [-0.39, 0.29) is 5.54 Å². The molecule has 1 saturated heterocycles. The van der Waals surface area contributed by atoms with E-state index in [1.165, 1.54) is 16.7 Å². The monoisotopic (exact) mass is 326 g/mol. The minimum absolute atomic E-state index is 0.238. The first-order valence-corrected chi connectivity index (χ1v) is 9.15. The lowest BCUT2D eigenvalue weighted by molar-refractivity contribution is 0.143. The Balaban J connectivity index is 2.01. The van der Waals surface area contributed by atoms with E-state index in [1.54, 1.807) is 0 Å². The quantitative estimate of drug-likeness (QED) is 0.590. The van der Waals surface area contributed by atoms with Crippen LogP contribution in [0.5, 0.6) is 0 Å².